The summed E-state index contributed by atoms with van der Waals surface area (Å²) in [6.45, 7) is 4.35. The largest absolute Gasteiger partial charge is 0.311 e. The van der Waals surface area contributed by atoms with Crippen LogP contribution in [0.25, 0.3) is 66.4 Å². The summed E-state index contributed by atoms with van der Waals surface area (Å²) in [7, 11) is 0. The van der Waals surface area contributed by atoms with Crippen molar-refractivity contribution in [2.45, 2.75) is 26.7 Å². The Balaban J connectivity index is 1.02. The number of aromatic nitrogens is 1. The first-order valence-corrected chi connectivity index (χ1v) is 20.3. The fourth-order valence-corrected chi connectivity index (χ4v) is 8.63. The second kappa shape index (κ2) is 15.1. The van der Waals surface area contributed by atoms with Crippen molar-refractivity contribution < 1.29 is 0 Å². The molecule has 0 bridgehead atoms. The molecule has 1 aliphatic carbocycles. The highest BCUT2D eigenvalue weighted by Gasteiger charge is 2.17. The van der Waals surface area contributed by atoms with E-state index in [9.17, 15) is 0 Å². The monoisotopic (exact) mass is 744 g/mol. The molecule has 278 valence electrons. The van der Waals surface area contributed by atoms with E-state index < -0.39 is 0 Å². The molecule has 58 heavy (non-hydrogen) atoms. The molecule has 1 heterocycles. The van der Waals surface area contributed by atoms with E-state index in [4.69, 9.17) is 0 Å². The van der Waals surface area contributed by atoms with Gasteiger partial charge in [0.05, 0.1) is 11.0 Å². The standard InChI is InChI=1S/C56H44N2/c1-39-20-34-55-53(36-39)54-37-40(2)21-35-56(54)58(55)50-17-11-16-46(38-50)43-24-30-48(31-25-43)57(47-28-22-42(23-29-47)41-12-5-3-6-13-41)49-32-26-45(27-33-49)52-19-10-9-18-51(52)44-14-7-4-8-15-44/h4-5,7-38H,3,6H2,1-2H3. The summed E-state index contributed by atoms with van der Waals surface area (Å²) >= 11 is 0. The molecule has 0 radical (unpaired) electrons. The number of allylic oxidation sites excluding steroid dienone is 4. The van der Waals surface area contributed by atoms with E-state index in [1.807, 2.05) is 0 Å². The molecule has 9 aromatic rings. The van der Waals surface area contributed by atoms with Crippen molar-refractivity contribution in [3.8, 4) is 39.1 Å². The molecular weight excluding hydrogens is 701 g/mol. The topological polar surface area (TPSA) is 8.17 Å². The van der Waals surface area contributed by atoms with Crippen LogP contribution in [0.4, 0.5) is 17.1 Å². The van der Waals surface area contributed by atoms with Crippen molar-refractivity contribution in [2.24, 2.45) is 0 Å². The van der Waals surface area contributed by atoms with Crippen molar-refractivity contribution in [1.29, 1.82) is 0 Å². The van der Waals surface area contributed by atoms with Crippen LogP contribution in [-0.4, -0.2) is 4.57 Å². The third-order valence-electron chi connectivity index (χ3n) is 11.5. The molecule has 0 unspecified atom stereocenters. The third kappa shape index (κ3) is 6.63. The maximum absolute atomic E-state index is 2.41. The Labute approximate surface area is 341 Å². The SMILES string of the molecule is Cc1ccc2c(c1)c1cc(C)ccc1n2-c1cccc(-c2ccc(N(c3ccc(C4=CCCC=C4)cc3)c3ccc(-c4ccccc4-c4ccccc4)cc3)cc2)c1. The highest BCUT2D eigenvalue weighted by molar-refractivity contribution is 6.09. The lowest BCUT2D eigenvalue weighted by atomic mass is 9.94. The van der Waals surface area contributed by atoms with Crippen molar-refractivity contribution in [2.75, 3.05) is 4.90 Å². The van der Waals surface area contributed by atoms with Gasteiger partial charge in [0.1, 0.15) is 0 Å². The number of fused-ring (bicyclic) bond motifs is 3. The first kappa shape index (κ1) is 35.3. The summed E-state index contributed by atoms with van der Waals surface area (Å²) in [5.41, 5.74) is 19.3. The molecule has 0 N–H and O–H groups in total. The van der Waals surface area contributed by atoms with E-state index in [-0.39, 0.29) is 0 Å². The number of hydrogen-bond donors (Lipinski definition) is 0. The van der Waals surface area contributed by atoms with Crippen molar-refractivity contribution >= 4 is 44.4 Å². The zero-order valence-corrected chi connectivity index (χ0v) is 32.9. The lowest BCUT2D eigenvalue weighted by Crippen LogP contribution is -2.10. The van der Waals surface area contributed by atoms with Crippen molar-refractivity contribution in [3.63, 3.8) is 0 Å². The van der Waals surface area contributed by atoms with E-state index in [1.165, 1.54) is 77.5 Å². The van der Waals surface area contributed by atoms with Crippen LogP contribution >= 0.6 is 0 Å². The molecule has 0 atom stereocenters. The Kier molecular flexibility index (Phi) is 9.16. The molecule has 1 aromatic heterocycles. The van der Waals surface area contributed by atoms with Crippen molar-refractivity contribution in [1.82, 2.24) is 4.57 Å². The molecule has 0 saturated heterocycles. The van der Waals surface area contributed by atoms with Gasteiger partial charge in [-0.05, 0) is 144 Å². The van der Waals surface area contributed by atoms with Crippen LogP contribution in [0.5, 0.6) is 0 Å². The Morgan fingerprint density at radius 1 is 0.414 bits per heavy atom. The second-order valence-electron chi connectivity index (χ2n) is 15.5. The smallest absolute Gasteiger partial charge is 0.0541 e. The van der Waals surface area contributed by atoms with E-state index in [2.05, 4.69) is 230 Å². The molecule has 0 amide bonds. The minimum atomic E-state index is 1.09. The van der Waals surface area contributed by atoms with Gasteiger partial charge in [0.2, 0.25) is 0 Å². The maximum Gasteiger partial charge on any atom is 0.0541 e. The van der Waals surface area contributed by atoms with Crippen molar-refractivity contribution in [3.05, 3.63) is 223 Å². The van der Waals surface area contributed by atoms with Crippen LogP contribution in [0.15, 0.2) is 206 Å². The number of aryl methyl sites for hydroxylation is 2. The predicted octanol–water partition coefficient (Wildman–Crippen LogP) is 15.6. The molecule has 0 fully saturated rings. The van der Waals surface area contributed by atoms with Gasteiger partial charge in [-0.1, -0.05) is 145 Å². The van der Waals surface area contributed by atoms with Crippen LogP contribution in [0.3, 0.4) is 0 Å². The average Bonchev–Trinajstić information content (AvgIpc) is 3.60. The quantitative estimate of drug-likeness (QED) is 0.150. The summed E-state index contributed by atoms with van der Waals surface area (Å²) < 4.78 is 2.41. The average molecular weight is 745 g/mol. The number of rotatable bonds is 8. The van der Waals surface area contributed by atoms with E-state index in [0.29, 0.717) is 0 Å². The third-order valence-corrected chi connectivity index (χ3v) is 11.5. The summed E-state index contributed by atoms with van der Waals surface area (Å²) in [4.78, 5) is 2.37. The summed E-state index contributed by atoms with van der Waals surface area (Å²) in [6.07, 6.45) is 9.07. The number of benzene rings is 8. The maximum atomic E-state index is 2.41. The van der Waals surface area contributed by atoms with Gasteiger partial charge in [-0.15, -0.1) is 0 Å². The summed E-state index contributed by atoms with van der Waals surface area (Å²) in [5.74, 6) is 0. The summed E-state index contributed by atoms with van der Waals surface area (Å²) in [6, 6.07) is 69.0. The number of nitrogens with zero attached hydrogens (tertiary/aromatic N) is 2. The highest BCUT2D eigenvalue weighted by atomic mass is 15.1. The number of anilines is 3. The molecule has 1 aliphatic rings. The minimum Gasteiger partial charge on any atom is -0.311 e. The van der Waals surface area contributed by atoms with Crippen LogP contribution in [0, 0.1) is 13.8 Å². The van der Waals surface area contributed by atoms with E-state index >= 15 is 0 Å². The fraction of sp³-hybridized carbons (Fsp3) is 0.0714. The van der Waals surface area contributed by atoms with Crippen LogP contribution in [-0.2, 0) is 0 Å². The lowest BCUT2D eigenvalue weighted by molar-refractivity contribution is 1.04. The molecule has 0 spiro atoms. The molecule has 8 aromatic carbocycles. The van der Waals surface area contributed by atoms with Gasteiger partial charge in [0, 0.05) is 33.5 Å². The Morgan fingerprint density at radius 2 is 0.931 bits per heavy atom. The fourth-order valence-electron chi connectivity index (χ4n) is 8.63. The Bertz CT molecular complexity index is 2920. The van der Waals surface area contributed by atoms with E-state index in [1.54, 1.807) is 0 Å². The zero-order chi connectivity index (χ0) is 39.0. The summed E-state index contributed by atoms with van der Waals surface area (Å²) in [5, 5.41) is 2.59. The highest BCUT2D eigenvalue weighted by Crippen LogP contribution is 2.40. The van der Waals surface area contributed by atoms with Gasteiger partial charge in [-0.2, -0.15) is 0 Å². The van der Waals surface area contributed by atoms with Gasteiger partial charge >= 0.3 is 0 Å². The second-order valence-corrected chi connectivity index (χ2v) is 15.5. The molecule has 2 heteroatoms. The Hall–Kier alpha value is -7.16. The molecular formula is C56H44N2. The van der Waals surface area contributed by atoms with Gasteiger partial charge in [0.15, 0.2) is 0 Å². The first-order chi connectivity index (χ1) is 28.6. The van der Waals surface area contributed by atoms with Gasteiger partial charge in [-0.3, -0.25) is 0 Å². The van der Waals surface area contributed by atoms with Gasteiger partial charge in [0.25, 0.3) is 0 Å². The molecule has 0 saturated carbocycles. The normalized spacial score (nSPS) is 12.6. The van der Waals surface area contributed by atoms with Crippen LogP contribution in [0.2, 0.25) is 0 Å². The molecule has 10 rings (SSSR count). The zero-order valence-electron chi connectivity index (χ0n) is 32.9. The van der Waals surface area contributed by atoms with Crippen LogP contribution in [0.1, 0.15) is 29.5 Å². The minimum absolute atomic E-state index is 1.09. The lowest BCUT2D eigenvalue weighted by Gasteiger charge is -2.26. The number of hydrogen-bond acceptors (Lipinski definition) is 1. The Morgan fingerprint density at radius 3 is 1.50 bits per heavy atom. The van der Waals surface area contributed by atoms with E-state index in [0.717, 1.165) is 35.6 Å². The first-order valence-electron chi connectivity index (χ1n) is 20.3. The van der Waals surface area contributed by atoms with Crippen LogP contribution < -0.4 is 4.90 Å². The van der Waals surface area contributed by atoms with Gasteiger partial charge in [-0.25, -0.2) is 0 Å². The predicted molar refractivity (Wildman–Crippen MR) is 248 cm³/mol. The van der Waals surface area contributed by atoms with Gasteiger partial charge < -0.3 is 9.47 Å². The molecule has 2 nitrogen and oxygen atoms in total. The molecule has 0 aliphatic heterocycles.